The van der Waals surface area contributed by atoms with Crippen molar-refractivity contribution in [2.75, 3.05) is 51.1 Å². The molecule has 1 aromatic heterocycles. The molecule has 3 saturated heterocycles. The summed E-state index contributed by atoms with van der Waals surface area (Å²) in [7, 11) is 0. The summed E-state index contributed by atoms with van der Waals surface area (Å²) in [5.74, 6) is -2.43. The van der Waals surface area contributed by atoms with Gasteiger partial charge in [-0.1, -0.05) is 11.6 Å². The minimum atomic E-state index is -4.84. The first-order valence-corrected chi connectivity index (χ1v) is 17.8. The fourth-order valence-corrected chi connectivity index (χ4v) is 8.67. The molecular weight excluding hydrogens is 655 g/mol. The second kappa shape index (κ2) is 14.2. The van der Waals surface area contributed by atoms with Crippen molar-refractivity contribution in [2.45, 2.75) is 76.0 Å². The number of likely N-dealkylation sites (tertiary alicyclic amines) is 3. The van der Waals surface area contributed by atoms with E-state index in [-0.39, 0.29) is 42.3 Å². The number of fused-ring (bicyclic) bond motifs is 1. The fraction of sp³-hybridized carbons (Fsp3) is 0.606. The number of hydrogen-bond donors (Lipinski definition) is 2. The monoisotopic (exact) mass is 695 g/mol. The Labute approximate surface area is 281 Å². The van der Waals surface area contributed by atoms with Gasteiger partial charge in [0.05, 0.1) is 22.2 Å². The Hall–Kier alpha value is -3.03. The molecule has 4 aliphatic rings. The lowest BCUT2D eigenvalue weighted by Crippen LogP contribution is -2.51. The van der Waals surface area contributed by atoms with Gasteiger partial charge in [0.15, 0.2) is 0 Å². The molecule has 5 heterocycles. The van der Waals surface area contributed by atoms with Gasteiger partial charge in [-0.25, -0.2) is 4.79 Å². The Balaban J connectivity index is 1.12. The molecule has 9 nitrogen and oxygen atoms in total. The molecule has 0 bridgehead atoms. The fourth-order valence-electron chi connectivity index (χ4n) is 7.61. The van der Waals surface area contributed by atoms with E-state index >= 15 is 0 Å². The largest absolute Gasteiger partial charge is 0.506 e. The molecule has 0 aliphatic carbocycles. The molecule has 3 fully saturated rings. The first-order chi connectivity index (χ1) is 22.5. The molecule has 0 unspecified atom stereocenters. The molecule has 4 amide bonds. The highest BCUT2D eigenvalue weighted by Crippen LogP contribution is 2.41. The number of hydrogen-bond acceptors (Lipinski definition) is 6. The van der Waals surface area contributed by atoms with Gasteiger partial charge in [0.2, 0.25) is 11.8 Å². The van der Waals surface area contributed by atoms with E-state index in [2.05, 4.69) is 10.2 Å². The standard InChI is InChI=1S/C33H41ClF3N5O4S/c34-27-17-21(16-26(30(27)44)33(35,36)37)15-23(31(45)41-12-4-24(5-13-41)39-8-1-2-9-39)18-29(43)40-10-6-25(7-11-40)42-14-3-22-19-47-20-28(22)38-32(42)46/h16-17,19-20,23-25,44H,1-15,18H2,(H,38,46)/t23-/m0/s1. The summed E-state index contributed by atoms with van der Waals surface area (Å²) in [5, 5.41) is 16.5. The van der Waals surface area contributed by atoms with Gasteiger partial charge in [-0.2, -0.15) is 13.2 Å². The van der Waals surface area contributed by atoms with E-state index in [4.69, 9.17) is 11.6 Å². The zero-order chi connectivity index (χ0) is 33.3. The van der Waals surface area contributed by atoms with Crippen LogP contribution >= 0.6 is 22.9 Å². The van der Waals surface area contributed by atoms with Crippen LogP contribution in [-0.2, 0) is 28.6 Å². The van der Waals surface area contributed by atoms with Crippen molar-refractivity contribution in [1.82, 2.24) is 19.6 Å². The van der Waals surface area contributed by atoms with Crippen molar-refractivity contribution in [3.05, 3.63) is 44.6 Å². The van der Waals surface area contributed by atoms with Crippen LogP contribution in [0, 0.1) is 5.92 Å². The number of carbonyl (C=O) groups is 3. The van der Waals surface area contributed by atoms with Crippen LogP contribution in [0.2, 0.25) is 5.02 Å². The van der Waals surface area contributed by atoms with Crippen LogP contribution < -0.4 is 5.32 Å². The van der Waals surface area contributed by atoms with E-state index in [0.717, 1.165) is 49.7 Å². The van der Waals surface area contributed by atoms with E-state index in [0.29, 0.717) is 51.6 Å². The third-order valence-corrected chi connectivity index (χ3v) is 11.3. The Morgan fingerprint density at radius 2 is 1.62 bits per heavy atom. The number of anilines is 1. The van der Waals surface area contributed by atoms with E-state index in [1.807, 2.05) is 15.7 Å². The van der Waals surface area contributed by atoms with Gasteiger partial charge >= 0.3 is 12.2 Å². The van der Waals surface area contributed by atoms with Gasteiger partial charge in [0.25, 0.3) is 0 Å². The number of nitrogens with one attached hydrogen (secondary N) is 1. The SMILES string of the molecule is O=C(C[C@H](Cc1cc(Cl)c(O)c(C(F)(F)F)c1)C(=O)N1CCC(N2CCCC2)CC1)N1CCC(N2CCc3cscc3NC2=O)CC1. The maximum absolute atomic E-state index is 14.0. The number of amides is 4. The summed E-state index contributed by atoms with van der Waals surface area (Å²) in [5.41, 5.74) is 0.839. The normalized spacial score (nSPS) is 21.0. The van der Waals surface area contributed by atoms with Gasteiger partial charge in [-0.3, -0.25) is 9.59 Å². The van der Waals surface area contributed by atoms with Crippen LogP contribution in [0.25, 0.3) is 0 Å². The maximum Gasteiger partial charge on any atom is 0.420 e. The second-order valence-electron chi connectivity index (χ2n) is 13.2. The number of phenolic OH excluding ortho intramolecular Hbond substituents is 1. The molecule has 14 heteroatoms. The predicted molar refractivity (Wildman–Crippen MR) is 174 cm³/mol. The van der Waals surface area contributed by atoms with Crippen LogP contribution in [0.5, 0.6) is 5.75 Å². The average molecular weight is 696 g/mol. The maximum atomic E-state index is 14.0. The second-order valence-corrected chi connectivity index (χ2v) is 14.3. The molecular formula is C33H41ClF3N5O4S. The number of alkyl halides is 3. The lowest BCUT2D eigenvalue weighted by atomic mass is 9.91. The number of thiophene rings is 1. The zero-order valence-electron chi connectivity index (χ0n) is 26.2. The Kier molecular flexibility index (Phi) is 10.2. The molecule has 47 heavy (non-hydrogen) atoms. The van der Waals surface area contributed by atoms with Crippen LogP contribution in [-0.4, -0.2) is 100 Å². The van der Waals surface area contributed by atoms with E-state index in [9.17, 15) is 32.7 Å². The number of nitrogens with zero attached hydrogens (tertiary/aromatic N) is 4. The summed E-state index contributed by atoms with van der Waals surface area (Å²) in [4.78, 5) is 48.4. The lowest BCUT2D eigenvalue weighted by molar-refractivity contribution is -0.143. The number of rotatable bonds is 7. The highest BCUT2D eigenvalue weighted by Gasteiger charge is 2.38. The summed E-state index contributed by atoms with van der Waals surface area (Å²) in [6.07, 6.45) is 0.834. The summed E-state index contributed by atoms with van der Waals surface area (Å²) in [6.45, 7) is 4.62. The van der Waals surface area contributed by atoms with Gasteiger partial charge in [-0.15, -0.1) is 11.3 Å². The topological polar surface area (TPSA) is 96.4 Å². The number of piperidine rings is 2. The Morgan fingerprint density at radius 3 is 2.30 bits per heavy atom. The lowest BCUT2D eigenvalue weighted by Gasteiger charge is -2.39. The molecule has 6 rings (SSSR count). The molecule has 1 aromatic carbocycles. The van der Waals surface area contributed by atoms with Crippen LogP contribution in [0.1, 0.15) is 61.6 Å². The van der Waals surface area contributed by atoms with Crippen molar-refractivity contribution in [1.29, 1.82) is 0 Å². The van der Waals surface area contributed by atoms with Gasteiger partial charge in [-0.05, 0) is 93.1 Å². The Bertz CT molecular complexity index is 1470. The molecule has 0 saturated carbocycles. The smallest absolute Gasteiger partial charge is 0.420 e. The van der Waals surface area contributed by atoms with E-state index in [1.54, 1.807) is 21.1 Å². The van der Waals surface area contributed by atoms with Crippen LogP contribution in [0.4, 0.5) is 23.7 Å². The summed E-state index contributed by atoms with van der Waals surface area (Å²) in [6, 6.07) is 2.30. The molecule has 256 valence electrons. The highest BCUT2D eigenvalue weighted by atomic mass is 35.5. The quantitative estimate of drug-likeness (QED) is 0.380. The minimum absolute atomic E-state index is 0.0269. The van der Waals surface area contributed by atoms with Gasteiger partial charge in [0.1, 0.15) is 5.75 Å². The zero-order valence-corrected chi connectivity index (χ0v) is 27.8. The molecule has 0 spiro atoms. The van der Waals surface area contributed by atoms with Gasteiger partial charge in [0, 0.05) is 56.6 Å². The summed E-state index contributed by atoms with van der Waals surface area (Å²) < 4.78 is 41.1. The van der Waals surface area contributed by atoms with Crippen molar-refractivity contribution in [3.8, 4) is 5.75 Å². The van der Waals surface area contributed by atoms with Crippen molar-refractivity contribution in [3.63, 3.8) is 0 Å². The number of aromatic hydroxyl groups is 1. The van der Waals surface area contributed by atoms with Crippen molar-refractivity contribution < 1.29 is 32.7 Å². The number of carbonyl (C=O) groups excluding carboxylic acids is 3. The predicted octanol–water partition coefficient (Wildman–Crippen LogP) is 5.84. The third kappa shape index (κ3) is 7.67. The molecule has 1 atom stereocenters. The molecule has 0 radical (unpaired) electrons. The van der Waals surface area contributed by atoms with Crippen LogP contribution in [0.3, 0.4) is 0 Å². The van der Waals surface area contributed by atoms with E-state index in [1.165, 1.54) is 18.9 Å². The minimum Gasteiger partial charge on any atom is -0.506 e. The van der Waals surface area contributed by atoms with Crippen molar-refractivity contribution >= 4 is 46.5 Å². The molecule has 2 aromatic rings. The molecule has 2 N–H and O–H groups in total. The van der Waals surface area contributed by atoms with Gasteiger partial charge < -0.3 is 30.0 Å². The summed E-state index contributed by atoms with van der Waals surface area (Å²) >= 11 is 7.56. The highest BCUT2D eigenvalue weighted by molar-refractivity contribution is 7.08. The third-order valence-electron chi connectivity index (χ3n) is 10.2. The number of phenols is 1. The van der Waals surface area contributed by atoms with E-state index < -0.39 is 28.4 Å². The molecule has 4 aliphatic heterocycles. The number of halogens is 4. The van der Waals surface area contributed by atoms with Crippen molar-refractivity contribution in [2.24, 2.45) is 5.92 Å². The Morgan fingerprint density at radius 1 is 0.957 bits per heavy atom. The average Bonchev–Trinajstić information content (AvgIpc) is 3.72. The first-order valence-electron chi connectivity index (χ1n) is 16.5. The number of benzene rings is 1. The van der Waals surface area contributed by atoms with Crippen LogP contribution in [0.15, 0.2) is 22.9 Å². The number of urea groups is 1. The first kappa shape index (κ1) is 33.9.